The number of carbonyl (C=O) groups is 1. The minimum atomic E-state index is -4.10. The molecule has 3 aromatic carbocycles. The van der Waals surface area contributed by atoms with Crippen LogP contribution in [0.1, 0.15) is 34.7 Å². The smallest absolute Gasteiger partial charge is 0.313 e. The zero-order valence-electron chi connectivity index (χ0n) is 22.8. The number of alkyl halides is 2. The van der Waals surface area contributed by atoms with Crippen molar-refractivity contribution in [3.05, 3.63) is 77.6 Å². The average molecular weight is 624 g/mol. The lowest BCUT2D eigenvalue weighted by atomic mass is 10.00. The SMILES string of the molecule is CNC(=O)c1c(-c2ccc(Oc3ccc(F)cc3)cc2)oc2cc(N(CC(F)(F)C[NH3+])S(C)(=O)=O)c(C3CC3)cc12.[Cl-]. The van der Waals surface area contributed by atoms with Crippen molar-refractivity contribution in [2.24, 2.45) is 0 Å². The predicted molar refractivity (Wildman–Crippen MR) is 148 cm³/mol. The van der Waals surface area contributed by atoms with Crippen LogP contribution in [0.15, 0.2) is 65.1 Å². The van der Waals surface area contributed by atoms with E-state index in [2.05, 4.69) is 11.1 Å². The highest BCUT2D eigenvalue weighted by atomic mass is 35.5. The lowest BCUT2D eigenvalue weighted by Crippen LogP contribution is -3.00. The zero-order chi connectivity index (χ0) is 29.5. The molecule has 5 rings (SSSR count). The summed E-state index contributed by atoms with van der Waals surface area (Å²) in [6.45, 7) is -1.83. The molecule has 224 valence electrons. The first-order valence-corrected chi connectivity index (χ1v) is 14.8. The third kappa shape index (κ3) is 6.50. The number of amides is 1. The predicted octanol–water partition coefficient (Wildman–Crippen LogP) is 1.92. The second kappa shape index (κ2) is 11.9. The standard InChI is InChI=1S/C29H28F3N3O5S.ClH/c1-34-28(36)26-23-13-22(17-3-4-17)24(35(41(2,37)38)16-29(31,32)15-33)14-25(23)40-27(26)18-5-9-20(10-6-18)39-21-11-7-19(30)8-12-21;/h5-14,17H,3-4,15-16,33H2,1-2H3,(H,34,36);1H. The third-order valence-electron chi connectivity index (χ3n) is 6.88. The summed E-state index contributed by atoms with van der Waals surface area (Å²) >= 11 is 0. The van der Waals surface area contributed by atoms with E-state index in [4.69, 9.17) is 9.15 Å². The van der Waals surface area contributed by atoms with E-state index in [0.29, 0.717) is 32.3 Å². The summed E-state index contributed by atoms with van der Waals surface area (Å²) in [5.41, 5.74) is 4.86. The van der Waals surface area contributed by atoms with Crippen molar-refractivity contribution in [1.29, 1.82) is 0 Å². The van der Waals surface area contributed by atoms with Gasteiger partial charge in [0.15, 0.2) is 0 Å². The summed E-state index contributed by atoms with van der Waals surface area (Å²) in [7, 11) is -2.62. The number of sulfonamides is 1. The molecule has 1 fully saturated rings. The Hall–Kier alpha value is -3.74. The van der Waals surface area contributed by atoms with Gasteiger partial charge >= 0.3 is 5.92 Å². The van der Waals surface area contributed by atoms with Crippen LogP contribution < -0.4 is 32.5 Å². The molecule has 4 aromatic rings. The van der Waals surface area contributed by atoms with E-state index < -0.39 is 34.9 Å². The van der Waals surface area contributed by atoms with Gasteiger partial charge in [-0.1, -0.05) is 0 Å². The van der Waals surface area contributed by atoms with Crippen LogP contribution in [0.2, 0.25) is 0 Å². The van der Waals surface area contributed by atoms with Gasteiger partial charge in [0.1, 0.15) is 41.7 Å². The molecule has 1 aromatic heterocycles. The maximum absolute atomic E-state index is 14.4. The topological polar surface area (TPSA) is 116 Å². The first-order valence-electron chi connectivity index (χ1n) is 12.9. The molecule has 0 radical (unpaired) electrons. The maximum atomic E-state index is 14.4. The van der Waals surface area contributed by atoms with E-state index in [1.54, 1.807) is 30.3 Å². The summed E-state index contributed by atoms with van der Waals surface area (Å²) in [5, 5.41) is 3.06. The van der Waals surface area contributed by atoms with Crippen molar-refractivity contribution in [1.82, 2.24) is 5.32 Å². The number of ether oxygens (including phenoxy) is 1. The Morgan fingerprint density at radius 3 is 2.21 bits per heavy atom. The molecule has 1 aliphatic rings. The van der Waals surface area contributed by atoms with Gasteiger partial charge in [-0.2, -0.15) is 8.78 Å². The van der Waals surface area contributed by atoms with E-state index in [1.165, 1.54) is 37.4 Å². The van der Waals surface area contributed by atoms with Gasteiger partial charge in [0, 0.05) is 24.1 Å². The third-order valence-corrected chi connectivity index (χ3v) is 8.01. The number of hydrogen-bond acceptors (Lipinski definition) is 5. The number of hydrogen-bond donors (Lipinski definition) is 2. The van der Waals surface area contributed by atoms with Crippen LogP contribution in [0, 0.1) is 5.82 Å². The van der Waals surface area contributed by atoms with Gasteiger partial charge in [-0.15, -0.1) is 0 Å². The van der Waals surface area contributed by atoms with Crippen molar-refractivity contribution in [3.63, 3.8) is 0 Å². The first kappa shape index (κ1) is 31.2. The number of anilines is 1. The van der Waals surface area contributed by atoms with E-state index in [-0.39, 0.29) is 46.7 Å². The van der Waals surface area contributed by atoms with E-state index >= 15 is 0 Å². The van der Waals surface area contributed by atoms with Gasteiger partial charge in [-0.25, -0.2) is 12.8 Å². The molecule has 8 nitrogen and oxygen atoms in total. The Bertz CT molecular complexity index is 1710. The Morgan fingerprint density at radius 1 is 1.10 bits per heavy atom. The van der Waals surface area contributed by atoms with Crippen LogP contribution in [-0.4, -0.2) is 46.6 Å². The number of furan rings is 1. The van der Waals surface area contributed by atoms with Gasteiger partial charge in [0.2, 0.25) is 10.0 Å². The minimum absolute atomic E-state index is 0. The normalized spacial score (nSPS) is 13.5. The second-order valence-corrected chi connectivity index (χ2v) is 11.9. The number of nitrogens with one attached hydrogen (secondary N) is 1. The summed E-state index contributed by atoms with van der Waals surface area (Å²) in [6.07, 6.45) is 2.40. The molecule has 1 heterocycles. The molecular weight excluding hydrogens is 595 g/mol. The fourth-order valence-corrected chi connectivity index (χ4v) is 5.56. The molecule has 0 bridgehead atoms. The molecule has 0 aliphatic heterocycles. The number of benzene rings is 3. The van der Waals surface area contributed by atoms with Crippen LogP contribution >= 0.6 is 0 Å². The van der Waals surface area contributed by atoms with Gasteiger partial charge in [-0.05, 0) is 78.9 Å². The molecule has 42 heavy (non-hydrogen) atoms. The lowest BCUT2D eigenvalue weighted by molar-refractivity contribution is -0.405. The van der Waals surface area contributed by atoms with Crippen molar-refractivity contribution >= 4 is 32.6 Å². The van der Waals surface area contributed by atoms with E-state index in [1.807, 2.05) is 0 Å². The number of nitrogens with zero attached hydrogens (tertiary/aromatic N) is 1. The van der Waals surface area contributed by atoms with Gasteiger partial charge in [0.05, 0.1) is 17.5 Å². The van der Waals surface area contributed by atoms with E-state index in [0.717, 1.165) is 19.1 Å². The largest absolute Gasteiger partial charge is 1.00 e. The minimum Gasteiger partial charge on any atom is -1.00 e. The summed E-state index contributed by atoms with van der Waals surface area (Å²) in [4.78, 5) is 13.1. The van der Waals surface area contributed by atoms with Crippen molar-refractivity contribution in [2.45, 2.75) is 24.7 Å². The highest BCUT2D eigenvalue weighted by Crippen LogP contribution is 2.48. The Labute approximate surface area is 247 Å². The molecule has 1 amide bonds. The number of halogens is 4. The zero-order valence-corrected chi connectivity index (χ0v) is 24.4. The fourth-order valence-electron chi connectivity index (χ4n) is 4.62. The van der Waals surface area contributed by atoms with Crippen LogP contribution in [0.5, 0.6) is 11.5 Å². The molecule has 0 saturated heterocycles. The summed E-state index contributed by atoms with van der Waals surface area (Å²) in [6, 6.07) is 15.3. The molecule has 13 heteroatoms. The molecule has 0 unspecified atom stereocenters. The Balaban J connectivity index is 0.00000405. The maximum Gasteiger partial charge on any atom is 0.313 e. The number of rotatable bonds is 10. The van der Waals surface area contributed by atoms with Crippen LogP contribution in [0.3, 0.4) is 0 Å². The van der Waals surface area contributed by atoms with Crippen molar-refractivity contribution < 1.29 is 53.7 Å². The molecule has 1 saturated carbocycles. The quantitative estimate of drug-likeness (QED) is 0.280. The highest BCUT2D eigenvalue weighted by molar-refractivity contribution is 7.92. The molecule has 0 atom stereocenters. The van der Waals surface area contributed by atoms with Crippen molar-refractivity contribution in [2.75, 3.05) is 30.7 Å². The Kier molecular flexibility index (Phi) is 8.81. The van der Waals surface area contributed by atoms with Crippen LogP contribution in [0.25, 0.3) is 22.3 Å². The number of quaternary nitrogens is 1. The average Bonchev–Trinajstić information content (AvgIpc) is 3.72. The molecule has 1 aliphatic carbocycles. The van der Waals surface area contributed by atoms with Gasteiger partial charge in [-0.3, -0.25) is 9.10 Å². The van der Waals surface area contributed by atoms with Crippen molar-refractivity contribution in [3.8, 4) is 22.8 Å². The van der Waals surface area contributed by atoms with Gasteiger partial charge in [0.25, 0.3) is 5.91 Å². The van der Waals surface area contributed by atoms with Crippen LogP contribution in [-0.2, 0) is 10.0 Å². The highest BCUT2D eigenvalue weighted by Gasteiger charge is 2.39. The molecule has 0 spiro atoms. The molecule has 4 N–H and O–H groups in total. The Morgan fingerprint density at radius 2 is 1.69 bits per heavy atom. The summed E-state index contributed by atoms with van der Waals surface area (Å²) < 4.78 is 80.1. The number of fused-ring (bicyclic) bond motifs is 1. The van der Waals surface area contributed by atoms with Crippen LogP contribution in [0.4, 0.5) is 18.9 Å². The number of carbonyl (C=O) groups excluding carboxylic acids is 1. The van der Waals surface area contributed by atoms with E-state index in [9.17, 15) is 26.4 Å². The fraction of sp³-hybridized carbons (Fsp3) is 0.276. The lowest BCUT2D eigenvalue weighted by Gasteiger charge is -2.27. The first-order chi connectivity index (χ1) is 19.4. The van der Waals surface area contributed by atoms with Gasteiger partial charge < -0.3 is 32.6 Å². The second-order valence-electron chi connectivity index (χ2n) is 10.0. The molecular formula is C29H29ClF3N3O5S. The monoisotopic (exact) mass is 623 g/mol. The summed E-state index contributed by atoms with van der Waals surface area (Å²) in [5.74, 6) is -3.07.